The van der Waals surface area contributed by atoms with E-state index in [4.69, 9.17) is 4.74 Å². The number of likely N-dealkylation sites (tertiary alicyclic amines) is 1. The summed E-state index contributed by atoms with van der Waals surface area (Å²) in [6.45, 7) is 7.78. The number of ether oxygens (including phenoxy) is 1. The van der Waals surface area contributed by atoms with Crippen molar-refractivity contribution in [3.05, 3.63) is 34.2 Å². The van der Waals surface area contributed by atoms with Gasteiger partial charge in [0, 0.05) is 37.5 Å². The number of rotatable bonds is 2. The first-order valence-electron chi connectivity index (χ1n) is 8.29. The lowest BCUT2D eigenvalue weighted by atomic mass is 9.92. The van der Waals surface area contributed by atoms with Crippen LogP contribution in [-0.2, 0) is 16.6 Å². The Balaban J connectivity index is 2.15. The fourth-order valence-electron chi connectivity index (χ4n) is 2.81. The molecule has 1 fully saturated rings. The van der Waals surface area contributed by atoms with E-state index in [9.17, 15) is 14.4 Å². The van der Waals surface area contributed by atoms with E-state index in [1.54, 1.807) is 24.2 Å². The minimum Gasteiger partial charge on any atom is -0.460 e. The van der Waals surface area contributed by atoms with Crippen LogP contribution < -0.4 is 5.56 Å². The molecule has 24 heavy (non-hydrogen) atoms. The maximum Gasteiger partial charge on any atom is 0.311 e. The third kappa shape index (κ3) is 4.24. The standard InChI is InChI=1S/C18H26N2O4/c1-12-6-7-14(17(23)24-18(2,3)4)11-20(12)16(22)13-8-9-19(5)15(21)10-13/h8-10,12,14H,6-7,11H2,1-5H3/t12-,14+/m0/s1. The molecule has 6 heteroatoms. The van der Waals surface area contributed by atoms with Crippen LogP contribution in [0.1, 0.15) is 50.9 Å². The minimum absolute atomic E-state index is 0.0280. The number of piperidine rings is 1. The van der Waals surface area contributed by atoms with Gasteiger partial charge in [0.15, 0.2) is 0 Å². The zero-order valence-corrected chi connectivity index (χ0v) is 15.0. The number of amides is 1. The van der Waals surface area contributed by atoms with E-state index in [0.29, 0.717) is 18.5 Å². The summed E-state index contributed by atoms with van der Waals surface area (Å²) in [5, 5.41) is 0. The molecular weight excluding hydrogens is 308 g/mol. The van der Waals surface area contributed by atoms with Gasteiger partial charge in [-0.3, -0.25) is 14.4 Å². The van der Waals surface area contributed by atoms with Crippen LogP contribution in [0.2, 0.25) is 0 Å². The van der Waals surface area contributed by atoms with Crippen LogP contribution in [0.3, 0.4) is 0 Å². The summed E-state index contributed by atoms with van der Waals surface area (Å²) in [7, 11) is 1.64. The Morgan fingerprint density at radius 3 is 2.50 bits per heavy atom. The molecule has 0 aromatic carbocycles. The molecule has 1 saturated heterocycles. The molecule has 0 bridgehead atoms. The zero-order valence-electron chi connectivity index (χ0n) is 15.0. The first kappa shape index (κ1) is 18.2. The molecule has 1 aromatic rings. The maximum absolute atomic E-state index is 12.8. The van der Waals surface area contributed by atoms with Crippen molar-refractivity contribution in [1.29, 1.82) is 0 Å². The Hall–Kier alpha value is -2.11. The molecule has 2 heterocycles. The van der Waals surface area contributed by atoms with Crippen LogP contribution in [0, 0.1) is 5.92 Å². The van der Waals surface area contributed by atoms with Crippen LogP contribution in [0.25, 0.3) is 0 Å². The number of hydrogen-bond donors (Lipinski definition) is 0. The molecule has 0 N–H and O–H groups in total. The molecule has 0 spiro atoms. The van der Waals surface area contributed by atoms with Gasteiger partial charge in [-0.25, -0.2) is 0 Å². The van der Waals surface area contributed by atoms with E-state index >= 15 is 0 Å². The number of carbonyl (C=O) groups excluding carboxylic acids is 2. The van der Waals surface area contributed by atoms with Crippen molar-refractivity contribution >= 4 is 11.9 Å². The molecule has 1 aromatic heterocycles. The van der Waals surface area contributed by atoms with Crippen molar-refractivity contribution in [2.45, 2.75) is 52.2 Å². The minimum atomic E-state index is -0.541. The first-order valence-corrected chi connectivity index (χ1v) is 8.29. The number of hydrogen-bond acceptors (Lipinski definition) is 4. The topological polar surface area (TPSA) is 68.6 Å². The van der Waals surface area contributed by atoms with E-state index in [1.807, 2.05) is 27.7 Å². The highest BCUT2D eigenvalue weighted by Crippen LogP contribution is 2.26. The first-order chi connectivity index (χ1) is 11.1. The Labute approximate surface area is 142 Å². The van der Waals surface area contributed by atoms with Crippen molar-refractivity contribution in [2.24, 2.45) is 13.0 Å². The van der Waals surface area contributed by atoms with E-state index in [-0.39, 0.29) is 29.4 Å². The van der Waals surface area contributed by atoms with Gasteiger partial charge in [-0.05, 0) is 46.6 Å². The smallest absolute Gasteiger partial charge is 0.311 e. The second kappa shape index (κ2) is 6.79. The van der Waals surface area contributed by atoms with E-state index < -0.39 is 5.60 Å². The summed E-state index contributed by atoms with van der Waals surface area (Å²) in [5.74, 6) is -0.805. The summed E-state index contributed by atoms with van der Waals surface area (Å²) in [6, 6.07) is 3.00. The van der Waals surface area contributed by atoms with Crippen LogP contribution in [0.15, 0.2) is 23.1 Å². The Kier molecular flexibility index (Phi) is 5.16. The summed E-state index contributed by atoms with van der Waals surface area (Å²) < 4.78 is 6.87. The lowest BCUT2D eigenvalue weighted by Gasteiger charge is -2.38. The monoisotopic (exact) mass is 334 g/mol. The molecule has 1 aliphatic rings. The average Bonchev–Trinajstić information content (AvgIpc) is 2.48. The third-order valence-electron chi connectivity index (χ3n) is 4.23. The molecule has 1 amide bonds. The lowest BCUT2D eigenvalue weighted by Crippen LogP contribution is -2.48. The number of esters is 1. The maximum atomic E-state index is 12.8. The van der Waals surface area contributed by atoms with Crippen molar-refractivity contribution in [1.82, 2.24) is 9.47 Å². The van der Waals surface area contributed by atoms with Crippen molar-refractivity contribution in [3.8, 4) is 0 Å². The highest BCUT2D eigenvalue weighted by Gasteiger charge is 2.35. The molecule has 0 unspecified atom stereocenters. The summed E-state index contributed by atoms with van der Waals surface area (Å²) in [6.07, 6.45) is 3.02. The number of pyridine rings is 1. The SMILES string of the molecule is C[C@H]1CC[C@@H](C(=O)OC(C)(C)C)CN1C(=O)c1ccn(C)c(=O)c1. The molecular formula is C18H26N2O4. The summed E-state index contributed by atoms with van der Waals surface area (Å²) >= 11 is 0. The number of aromatic nitrogens is 1. The molecule has 1 aliphatic heterocycles. The molecule has 2 atom stereocenters. The van der Waals surface area contributed by atoms with Crippen LogP contribution in [-0.4, -0.2) is 39.5 Å². The second-order valence-electron chi connectivity index (χ2n) is 7.48. The normalized spacial score (nSPS) is 21.5. The van der Waals surface area contributed by atoms with E-state index in [0.717, 1.165) is 6.42 Å². The second-order valence-corrected chi connectivity index (χ2v) is 7.48. The van der Waals surface area contributed by atoms with Gasteiger partial charge in [0.2, 0.25) is 0 Å². The molecule has 0 aliphatic carbocycles. The van der Waals surface area contributed by atoms with Gasteiger partial charge in [-0.15, -0.1) is 0 Å². The summed E-state index contributed by atoms with van der Waals surface area (Å²) in [4.78, 5) is 38.5. The van der Waals surface area contributed by atoms with Gasteiger partial charge in [-0.2, -0.15) is 0 Å². The van der Waals surface area contributed by atoms with Gasteiger partial charge >= 0.3 is 5.97 Å². The average molecular weight is 334 g/mol. The highest BCUT2D eigenvalue weighted by molar-refractivity contribution is 5.94. The molecule has 6 nitrogen and oxygen atoms in total. The van der Waals surface area contributed by atoms with Gasteiger partial charge in [0.1, 0.15) is 5.60 Å². The van der Waals surface area contributed by atoms with Gasteiger partial charge < -0.3 is 14.2 Å². The Morgan fingerprint density at radius 2 is 1.92 bits per heavy atom. The van der Waals surface area contributed by atoms with Crippen LogP contribution in [0.5, 0.6) is 0 Å². The third-order valence-corrected chi connectivity index (χ3v) is 4.23. The van der Waals surface area contributed by atoms with Gasteiger partial charge in [0.05, 0.1) is 5.92 Å². The fraction of sp³-hybridized carbons (Fsp3) is 0.611. The number of nitrogens with zero attached hydrogens (tertiary/aromatic N) is 2. The van der Waals surface area contributed by atoms with Crippen LogP contribution in [0.4, 0.5) is 0 Å². The predicted octanol–water partition coefficient (Wildman–Crippen LogP) is 1.97. The van der Waals surface area contributed by atoms with Crippen LogP contribution >= 0.6 is 0 Å². The fourth-order valence-corrected chi connectivity index (χ4v) is 2.81. The zero-order chi connectivity index (χ0) is 18.1. The number of carbonyl (C=O) groups is 2. The molecule has 132 valence electrons. The van der Waals surface area contributed by atoms with Crippen molar-refractivity contribution < 1.29 is 14.3 Å². The van der Waals surface area contributed by atoms with E-state index in [1.165, 1.54) is 10.6 Å². The Bertz CT molecular complexity index is 687. The van der Waals surface area contributed by atoms with Crippen molar-refractivity contribution in [2.75, 3.05) is 6.54 Å². The predicted molar refractivity (Wildman–Crippen MR) is 90.8 cm³/mol. The quantitative estimate of drug-likeness (QED) is 0.776. The lowest BCUT2D eigenvalue weighted by molar-refractivity contribution is -0.161. The molecule has 2 rings (SSSR count). The highest BCUT2D eigenvalue weighted by atomic mass is 16.6. The van der Waals surface area contributed by atoms with Crippen molar-refractivity contribution in [3.63, 3.8) is 0 Å². The largest absolute Gasteiger partial charge is 0.460 e. The molecule has 0 radical (unpaired) electrons. The summed E-state index contributed by atoms with van der Waals surface area (Å²) in [5.41, 5.74) is -0.412. The van der Waals surface area contributed by atoms with Gasteiger partial charge in [0.25, 0.3) is 11.5 Å². The number of aryl methyl sites for hydroxylation is 1. The van der Waals surface area contributed by atoms with Gasteiger partial charge in [-0.1, -0.05) is 0 Å². The molecule has 0 saturated carbocycles. The van der Waals surface area contributed by atoms with E-state index in [2.05, 4.69) is 0 Å². The Morgan fingerprint density at radius 1 is 1.25 bits per heavy atom.